The maximum atomic E-state index is 9.68. The topological polar surface area (TPSA) is 41.5 Å². The molecule has 2 unspecified atom stereocenters. The minimum Gasteiger partial charge on any atom is -0.504 e. The van der Waals surface area contributed by atoms with Crippen LogP contribution in [0.3, 0.4) is 0 Å². The molecular formula is C15H23NO2. The van der Waals surface area contributed by atoms with Crippen molar-refractivity contribution in [1.82, 2.24) is 5.32 Å². The number of aromatic hydroxyl groups is 1. The first-order valence-corrected chi connectivity index (χ1v) is 6.75. The highest BCUT2D eigenvalue weighted by atomic mass is 16.5. The molecule has 0 spiro atoms. The molecule has 0 saturated heterocycles. The number of hydrogen-bond donors (Lipinski definition) is 2. The molecule has 0 amide bonds. The fraction of sp³-hybridized carbons (Fsp3) is 0.600. The van der Waals surface area contributed by atoms with E-state index < -0.39 is 0 Å². The minimum atomic E-state index is 0.214. The van der Waals surface area contributed by atoms with Gasteiger partial charge in [0.2, 0.25) is 0 Å². The molecule has 0 heterocycles. The van der Waals surface area contributed by atoms with Crippen molar-refractivity contribution in [1.29, 1.82) is 0 Å². The summed E-state index contributed by atoms with van der Waals surface area (Å²) >= 11 is 0. The zero-order valence-corrected chi connectivity index (χ0v) is 11.3. The maximum absolute atomic E-state index is 9.68. The largest absolute Gasteiger partial charge is 0.504 e. The van der Waals surface area contributed by atoms with E-state index in [2.05, 4.69) is 12.2 Å². The average molecular weight is 249 g/mol. The number of methoxy groups -OCH3 is 1. The van der Waals surface area contributed by atoms with Gasteiger partial charge in [-0.05, 0) is 48.9 Å². The van der Waals surface area contributed by atoms with Crippen LogP contribution in [0.2, 0.25) is 0 Å². The Hall–Kier alpha value is -1.22. The van der Waals surface area contributed by atoms with E-state index in [0.717, 1.165) is 30.5 Å². The number of hydrogen-bond acceptors (Lipinski definition) is 3. The third-order valence-electron chi connectivity index (χ3n) is 3.81. The van der Waals surface area contributed by atoms with Crippen LogP contribution < -0.4 is 10.1 Å². The fourth-order valence-corrected chi connectivity index (χ4v) is 2.78. The Balaban J connectivity index is 1.78. The van der Waals surface area contributed by atoms with Crippen molar-refractivity contribution in [3.8, 4) is 11.5 Å². The van der Waals surface area contributed by atoms with Gasteiger partial charge in [-0.15, -0.1) is 0 Å². The lowest BCUT2D eigenvalue weighted by Crippen LogP contribution is -2.20. The summed E-state index contributed by atoms with van der Waals surface area (Å²) in [6.07, 6.45) is 4.07. The van der Waals surface area contributed by atoms with Crippen molar-refractivity contribution in [3.05, 3.63) is 23.8 Å². The summed E-state index contributed by atoms with van der Waals surface area (Å²) in [5.74, 6) is 2.46. The molecule has 1 aromatic rings. The van der Waals surface area contributed by atoms with Crippen LogP contribution in [0.1, 0.15) is 31.7 Å². The molecule has 2 atom stereocenters. The van der Waals surface area contributed by atoms with E-state index in [-0.39, 0.29) is 5.75 Å². The van der Waals surface area contributed by atoms with E-state index in [4.69, 9.17) is 4.74 Å². The molecule has 1 aromatic carbocycles. The Labute approximate surface area is 109 Å². The summed E-state index contributed by atoms with van der Waals surface area (Å²) in [4.78, 5) is 0. The summed E-state index contributed by atoms with van der Waals surface area (Å²) in [5.41, 5.74) is 1.10. The smallest absolute Gasteiger partial charge is 0.160 e. The predicted octanol–water partition coefficient (Wildman–Crippen LogP) is 2.93. The Morgan fingerprint density at radius 2 is 2.22 bits per heavy atom. The van der Waals surface area contributed by atoms with Crippen molar-refractivity contribution >= 4 is 0 Å². The molecule has 0 bridgehead atoms. The molecule has 1 fully saturated rings. The molecule has 1 aliphatic carbocycles. The third-order valence-corrected chi connectivity index (χ3v) is 3.81. The van der Waals surface area contributed by atoms with Crippen molar-refractivity contribution in [3.63, 3.8) is 0 Å². The Morgan fingerprint density at radius 3 is 2.83 bits per heavy atom. The average Bonchev–Trinajstić information content (AvgIpc) is 2.75. The van der Waals surface area contributed by atoms with Crippen molar-refractivity contribution in [2.75, 3.05) is 13.7 Å². The number of phenolic OH excluding ortho intramolecular Hbond substituents is 1. The van der Waals surface area contributed by atoms with E-state index in [0.29, 0.717) is 5.75 Å². The highest BCUT2D eigenvalue weighted by Crippen LogP contribution is 2.30. The lowest BCUT2D eigenvalue weighted by atomic mass is 10.1. The van der Waals surface area contributed by atoms with Gasteiger partial charge in [0.05, 0.1) is 7.11 Å². The van der Waals surface area contributed by atoms with Gasteiger partial charge in [-0.2, -0.15) is 0 Å². The van der Waals surface area contributed by atoms with Gasteiger partial charge in [0.1, 0.15) is 0 Å². The van der Waals surface area contributed by atoms with Crippen LogP contribution in [0, 0.1) is 11.8 Å². The number of nitrogens with one attached hydrogen (secondary N) is 1. The second-order valence-electron chi connectivity index (χ2n) is 5.42. The van der Waals surface area contributed by atoms with Gasteiger partial charge in [-0.25, -0.2) is 0 Å². The van der Waals surface area contributed by atoms with Gasteiger partial charge in [-0.1, -0.05) is 19.4 Å². The Kier molecular flexibility index (Phi) is 4.48. The van der Waals surface area contributed by atoms with Gasteiger partial charge in [0.25, 0.3) is 0 Å². The fourth-order valence-electron chi connectivity index (χ4n) is 2.78. The van der Waals surface area contributed by atoms with Gasteiger partial charge < -0.3 is 15.2 Å². The molecular weight excluding hydrogens is 226 g/mol. The van der Waals surface area contributed by atoms with E-state index in [9.17, 15) is 5.11 Å². The normalized spacial score (nSPS) is 23.2. The van der Waals surface area contributed by atoms with Gasteiger partial charge in [0, 0.05) is 6.54 Å². The quantitative estimate of drug-likeness (QED) is 0.843. The lowest BCUT2D eigenvalue weighted by Gasteiger charge is -2.12. The monoisotopic (exact) mass is 249 g/mol. The van der Waals surface area contributed by atoms with Crippen LogP contribution in [0.5, 0.6) is 11.5 Å². The molecule has 2 N–H and O–H groups in total. The molecule has 18 heavy (non-hydrogen) atoms. The highest BCUT2D eigenvalue weighted by Gasteiger charge is 2.20. The van der Waals surface area contributed by atoms with Gasteiger partial charge in [0.15, 0.2) is 11.5 Å². The SMILES string of the molecule is COc1ccc(CNCC2CCC(C)C2)cc1O. The summed E-state index contributed by atoms with van der Waals surface area (Å²) in [6, 6.07) is 5.57. The van der Waals surface area contributed by atoms with Crippen molar-refractivity contribution in [2.45, 2.75) is 32.7 Å². The summed E-state index contributed by atoms with van der Waals surface area (Å²) in [7, 11) is 1.56. The van der Waals surface area contributed by atoms with Crippen molar-refractivity contribution in [2.24, 2.45) is 11.8 Å². The molecule has 0 aliphatic heterocycles. The van der Waals surface area contributed by atoms with E-state index in [1.165, 1.54) is 19.3 Å². The van der Waals surface area contributed by atoms with Gasteiger partial charge in [-0.3, -0.25) is 0 Å². The van der Waals surface area contributed by atoms with Crippen LogP contribution in [0.25, 0.3) is 0 Å². The second-order valence-corrected chi connectivity index (χ2v) is 5.42. The number of ether oxygens (including phenoxy) is 1. The van der Waals surface area contributed by atoms with E-state index in [1.54, 1.807) is 13.2 Å². The lowest BCUT2D eigenvalue weighted by molar-refractivity contribution is 0.373. The molecule has 0 radical (unpaired) electrons. The van der Waals surface area contributed by atoms with Crippen LogP contribution in [0.15, 0.2) is 18.2 Å². The molecule has 100 valence electrons. The minimum absolute atomic E-state index is 0.214. The molecule has 3 nitrogen and oxygen atoms in total. The third kappa shape index (κ3) is 3.39. The van der Waals surface area contributed by atoms with Crippen LogP contribution in [0.4, 0.5) is 0 Å². The number of rotatable bonds is 5. The number of phenols is 1. The Morgan fingerprint density at radius 1 is 1.39 bits per heavy atom. The standard InChI is InChI=1S/C15H23NO2/c1-11-3-4-12(7-11)9-16-10-13-5-6-15(18-2)14(17)8-13/h5-6,8,11-12,16-17H,3-4,7,9-10H2,1-2H3. The summed E-state index contributed by atoms with van der Waals surface area (Å²) in [5, 5.41) is 13.2. The first-order chi connectivity index (χ1) is 8.69. The summed E-state index contributed by atoms with van der Waals surface area (Å²) in [6.45, 7) is 4.22. The second kappa shape index (κ2) is 6.10. The van der Waals surface area contributed by atoms with Crippen LogP contribution >= 0.6 is 0 Å². The van der Waals surface area contributed by atoms with Gasteiger partial charge >= 0.3 is 0 Å². The zero-order chi connectivity index (χ0) is 13.0. The first kappa shape index (κ1) is 13.2. The molecule has 1 saturated carbocycles. The molecule has 0 aromatic heterocycles. The maximum Gasteiger partial charge on any atom is 0.160 e. The van der Waals surface area contributed by atoms with Crippen LogP contribution in [-0.4, -0.2) is 18.8 Å². The van der Waals surface area contributed by atoms with E-state index in [1.807, 2.05) is 12.1 Å². The Bertz CT molecular complexity index is 392. The predicted molar refractivity (Wildman–Crippen MR) is 72.9 cm³/mol. The molecule has 3 heteroatoms. The van der Waals surface area contributed by atoms with Crippen LogP contribution in [-0.2, 0) is 6.54 Å². The first-order valence-electron chi connectivity index (χ1n) is 6.75. The highest BCUT2D eigenvalue weighted by molar-refractivity contribution is 5.41. The molecule has 2 rings (SSSR count). The van der Waals surface area contributed by atoms with Crippen molar-refractivity contribution < 1.29 is 9.84 Å². The van der Waals surface area contributed by atoms with E-state index >= 15 is 0 Å². The molecule has 1 aliphatic rings. The zero-order valence-electron chi connectivity index (χ0n) is 11.3. The number of benzene rings is 1. The summed E-state index contributed by atoms with van der Waals surface area (Å²) < 4.78 is 5.03.